The summed E-state index contributed by atoms with van der Waals surface area (Å²) in [6, 6.07) is 15.1. The van der Waals surface area contributed by atoms with E-state index in [4.69, 9.17) is 4.18 Å². The van der Waals surface area contributed by atoms with Crippen LogP contribution in [0, 0.1) is 0 Å². The smallest absolute Gasteiger partial charge is 0.366 e. The van der Waals surface area contributed by atoms with Crippen molar-refractivity contribution >= 4 is 22.2 Å². The van der Waals surface area contributed by atoms with E-state index >= 15 is 0 Å². The maximum atomic E-state index is 12.8. The van der Waals surface area contributed by atoms with Crippen molar-refractivity contribution in [2.75, 3.05) is 7.11 Å². The van der Waals surface area contributed by atoms with Gasteiger partial charge < -0.3 is 4.74 Å². The van der Waals surface area contributed by atoms with Crippen molar-refractivity contribution in [3.8, 4) is 0 Å². The fraction of sp³-hybridized carbons (Fsp3) is 0.176. The predicted octanol–water partition coefficient (Wildman–Crippen LogP) is 1.69. The molecule has 2 aromatic rings. The third-order valence-electron chi connectivity index (χ3n) is 3.80. The van der Waals surface area contributed by atoms with Gasteiger partial charge in [0.15, 0.2) is 0 Å². The number of hydrogen-bond donors (Lipinski definition) is 0. The first-order chi connectivity index (χ1) is 12.0. The molecule has 0 aliphatic carbocycles. The van der Waals surface area contributed by atoms with E-state index in [1.54, 1.807) is 48.5 Å². The summed E-state index contributed by atoms with van der Waals surface area (Å²) in [5.74, 6) is -1.65. The van der Waals surface area contributed by atoms with Crippen molar-refractivity contribution in [1.29, 1.82) is 0 Å². The number of methoxy groups -OCH3 is 1. The quantitative estimate of drug-likeness (QED) is 0.773. The minimum atomic E-state index is -4.45. The van der Waals surface area contributed by atoms with Gasteiger partial charge in [0.1, 0.15) is 6.04 Å². The van der Waals surface area contributed by atoms with Crippen molar-refractivity contribution in [3.05, 3.63) is 71.8 Å². The van der Waals surface area contributed by atoms with E-state index in [-0.39, 0.29) is 5.56 Å². The van der Waals surface area contributed by atoms with Crippen LogP contribution < -0.4 is 0 Å². The van der Waals surface area contributed by atoms with Crippen molar-refractivity contribution < 1.29 is 26.9 Å². The molecule has 0 spiro atoms. The van der Waals surface area contributed by atoms with Crippen LogP contribution in [0.15, 0.2) is 60.7 Å². The van der Waals surface area contributed by atoms with Crippen LogP contribution in [0.3, 0.4) is 0 Å². The van der Waals surface area contributed by atoms with Gasteiger partial charge in [-0.2, -0.15) is 8.42 Å². The van der Waals surface area contributed by atoms with Gasteiger partial charge in [-0.3, -0.25) is 4.79 Å². The van der Waals surface area contributed by atoms with Crippen LogP contribution in [0.2, 0.25) is 0 Å². The molecular formula is C17H15NO6S. The number of rotatable bonds is 3. The van der Waals surface area contributed by atoms with E-state index in [9.17, 15) is 18.0 Å². The van der Waals surface area contributed by atoms with Crippen LogP contribution in [0.1, 0.15) is 22.0 Å². The van der Waals surface area contributed by atoms with Gasteiger partial charge in [0, 0.05) is 5.56 Å². The molecule has 1 amide bonds. The molecule has 0 unspecified atom stereocenters. The van der Waals surface area contributed by atoms with Crippen LogP contribution in [0.5, 0.6) is 0 Å². The molecule has 0 bridgehead atoms. The minimum absolute atomic E-state index is 0.168. The lowest BCUT2D eigenvalue weighted by Gasteiger charge is -2.23. The van der Waals surface area contributed by atoms with Gasteiger partial charge >= 0.3 is 16.3 Å². The lowest BCUT2D eigenvalue weighted by Crippen LogP contribution is -2.37. The highest BCUT2D eigenvalue weighted by molar-refractivity contribution is 7.85. The molecular weight excluding hydrogens is 346 g/mol. The van der Waals surface area contributed by atoms with Crippen molar-refractivity contribution in [1.82, 2.24) is 4.31 Å². The second-order valence-corrected chi connectivity index (χ2v) is 6.76. The molecule has 1 aliphatic heterocycles. The minimum Gasteiger partial charge on any atom is -0.467 e. The molecule has 2 atom stereocenters. The SMILES string of the molecule is COC(=O)[C@@H]1OS(=O)(=O)N(C(=O)c2ccccc2)[C@H]1c1ccccc1. The third kappa shape index (κ3) is 3.13. The molecule has 7 nitrogen and oxygen atoms in total. The lowest BCUT2D eigenvalue weighted by molar-refractivity contribution is -0.149. The summed E-state index contributed by atoms with van der Waals surface area (Å²) in [5.41, 5.74) is 0.615. The Morgan fingerprint density at radius 1 is 1.00 bits per heavy atom. The van der Waals surface area contributed by atoms with Crippen LogP contribution in [0.4, 0.5) is 0 Å². The van der Waals surface area contributed by atoms with Crippen LogP contribution >= 0.6 is 0 Å². The highest BCUT2D eigenvalue weighted by Crippen LogP contribution is 2.38. The molecule has 0 N–H and O–H groups in total. The van der Waals surface area contributed by atoms with E-state index in [0.29, 0.717) is 9.87 Å². The average molecular weight is 361 g/mol. The maximum absolute atomic E-state index is 12.8. The van der Waals surface area contributed by atoms with Crippen LogP contribution in [-0.2, 0) is 24.0 Å². The Kier molecular flexibility index (Phi) is 4.56. The zero-order chi connectivity index (χ0) is 18.0. The number of ether oxygens (including phenoxy) is 1. The van der Waals surface area contributed by atoms with Crippen molar-refractivity contribution in [2.24, 2.45) is 0 Å². The molecule has 0 radical (unpaired) electrons. The predicted molar refractivity (Wildman–Crippen MR) is 87.6 cm³/mol. The fourth-order valence-electron chi connectivity index (χ4n) is 2.67. The summed E-state index contributed by atoms with van der Waals surface area (Å²) < 4.78 is 35.1. The summed E-state index contributed by atoms with van der Waals surface area (Å²) in [6.07, 6.45) is -1.47. The van der Waals surface area contributed by atoms with Gasteiger partial charge in [0.2, 0.25) is 6.10 Å². The third-order valence-corrected chi connectivity index (χ3v) is 5.13. The molecule has 2 aromatic carbocycles. The van der Waals surface area contributed by atoms with E-state index in [1.807, 2.05) is 0 Å². The molecule has 1 saturated heterocycles. The number of esters is 1. The Morgan fingerprint density at radius 3 is 2.12 bits per heavy atom. The standard InChI is InChI=1S/C17H15NO6S/c1-23-17(20)15-14(12-8-4-2-5-9-12)18(25(21,22)24-15)16(19)13-10-6-3-7-11-13/h2-11,14-15H,1H3/t14-,15+/m0/s1. The summed E-state index contributed by atoms with van der Waals surface area (Å²) in [6.45, 7) is 0. The van der Waals surface area contributed by atoms with Crippen LogP contribution in [-0.4, -0.2) is 37.8 Å². The van der Waals surface area contributed by atoms with Crippen molar-refractivity contribution in [3.63, 3.8) is 0 Å². The van der Waals surface area contributed by atoms with Gasteiger partial charge in [-0.15, -0.1) is 0 Å². The lowest BCUT2D eigenvalue weighted by atomic mass is 10.0. The summed E-state index contributed by atoms with van der Waals surface area (Å²) in [5, 5.41) is 0. The first-order valence-corrected chi connectivity index (χ1v) is 8.77. The first kappa shape index (κ1) is 17.1. The van der Waals surface area contributed by atoms with Gasteiger partial charge in [0.05, 0.1) is 7.11 Å². The average Bonchev–Trinajstić information content (AvgIpc) is 2.93. The number of benzene rings is 2. The summed E-state index contributed by atoms with van der Waals surface area (Å²) in [7, 11) is -3.33. The monoisotopic (exact) mass is 361 g/mol. The highest BCUT2D eigenvalue weighted by atomic mass is 32.2. The highest BCUT2D eigenvalue weighted by Gasteiger charge is 2.53. The van der Waals surface area contributed by atoms with E-state index < -0.39 is 34.3 Å². The Hall–Kier alpha value is -2.71. The molecule has 0 aromatic heterocycles. The Bertz CT molecular complexity index is 882. The second-order valence-electron chi connectivity index (χ2n) is 5.32. The first-order valence-electron chi connectivity index (χ1n) is 7.40. The molecule has 3 rings (SSSR count). The van der Waals surface area contributed by atoms with E-state index in [0.717, 1.165) is 7.11 Å². The number of nitrogens with zero attached hydrogens (tertiary/aromatic N) is 1. The largest absolute Gasteiger partial charge is 0.467 e. The molecule has 1 fully saturated rings. The maximum Gasteiger partial charge on any atom is 0.366 e. The molecule has 0 saturated carbocycles. The summed E-state index contributed by atoms with van der Waals surface area (Å²) >= 11 is 0. The molecule has 1 heterocycles. The summed E-state index contributed by atoms with van der Waals surface area (Å²) in [4.78, 5) is 24.9. The number of carbonyl (C=O) groups excluding carboxylic acids is 2. The van der Waals surface area contributed by atoms with Crippen LogP contribution in [0.25, 0.3) is 0 Å². The zero-order valence-electron chi connectivity index (χ0n) is 13.2. The number of carbonyl (C=O) groups is 2. The van der Waals surface area contributed by atoms with E-state index in [1.165, 1.54) is 12.1 Å². The van der Waals surface area contributed by atoms with Gasteiger partial charge in [-0.25, -0.2) is 13.3 Å². The van der Waals surface area contributed by atoms with Gasteiger partial charge in [-0.1, -0.05) is 48.5 Å². The van der Waals surface area contributed by atoms with Gasteiger partial charge in [0.25, 0.3) is 5.91 Å². The Morgan fingerprint density at radius 2 is 1.56 bits per heavy atom. The zero-order valence-corrected chi connectivity index (χ0v) is 14.0. The Balaban J connectivity index is 2.12. The fourth-order valence-corrected chi connectivity index (χ4v) is 4.03. The van der Waals surface area contributed by atoms with Gasteiger partial charge in [-0.05, 0) is 17.7 Å². The van der Waals surface area contributed by atoms with E-state index in [2.05, 4.69) is 4.74 Å². The Labute approximate surface area is 145 Å². The second kappa shape index (κ2) is 6.66. The molecule has 8 heteroatoms. The normalized spacial score (nSPS) is 21.7. The van der Waals surface area contributed by atoms with Crippen molar-refractivity contribution in [2.45, 2.75) is 12.1 Å². The molecule has 25 heavy (non-hydrogen) atoms. The number of amides is 1. The molecule has 1 aliphatic rings. The molecule has 130 valence electrons. The topological polar surface area (TPSA) is 90.0 Å². The number of hydrogen-bond acceptors (Lipinski definition) is 6.